The summed E-state index contributed by atoms with van der Waals surface area (Å²) in [6.07, 6.45) is 2.70. The van der Waals surface area contributed by atoms with Crippen molar-refractivity contribution in [2.45, 2.75) is 32.0 Å². The lowest BCUT2D eigenvalue weighted by Crippen LogP contribution is -2.53. The Morgan fingerprint density at radius 3 is 2.79 bits per heavy atom. The van der Waals surface area contributed by atoms with Crippen LogP contribution in [0.4, 0.5) is 4.79 Å². The molecule has 2 amide bonds. The van der Waals surface area contributed by atoms with E-state index in [4.69, 9.17) is 14.7 Å². The first-order valence-corrected chi connectivity index (χ1v) is 8.47. The van der Waals surface area contributed by atoms with Crippen LogP contribution in [0.2, 0.25) is 0 Å². The molecule has 1 aromatic carbocycles. The number of hydrogen-bond donors (Lipinski definition) is 1. The highest BCUT2D eigenvalue weighted by Crippen LogP contribution is 2.36. The molecule has 6 nitrogen and oxygen atoms in total. The fraction of sp³-hybridized carbons (Fsp3) is 0.556. The lowest BCUT2D eigenvalue weighted by molar-refractivity contribution is -0.0731. The molecule has 1 saturated carbocycles. The van der Waals surface area contributed by atoms with Crippen LogP contribution in [0.15, 0.2) is 24.3 Å². The summed E-state index contributed by atoms with van der Waals surface area (Å²) >= 11 is 0. The molecule has 2 atom stereocenters. The Labute approximate surface area is 142 Å². The molecular weight excluding hydrogens is 306 g/mol. The van der Waals surface area contributed by atoms with Gasteiger partial charge in [0.2, 0.25) is 0 Å². The van der Waals surface area contributed by atoms with E-state index in [1.165, 1.54) is 12.8 Å². The SMILES string of the molecule is C[C@H]1CN(C(=O)NCCOc2ccc(C#N)cc2)C[C@H](C2CC2)O1. The van der Waals surface area contributed by atoms with Gasteiger partial charge < -0.3 is 19.7 Å². The molecular formula is C18H23N3O3. The standard InChI is InChI=1S/C18H23N3O3/c1-13-11-21(12-17(24-13)15-4-5-15)18(22)20-8-9-23-16-6-2-14(10-19)3-7-16/h2-3,6-7,13,15,17H,4-5,8-9,11-12H2,1H3,(H,20,22)/t13-,17+/m0/s1. The topological polar surface area (TPSA) is 74.6 Å². The fourth-order valence-electron chi connectivity index (χ4n) is 2.94. The molecule has 0 spiro atoms. The molecule has 1 aliphatic heterocycles. The normalized spacial score (nSPS) is 23.4. The van der Waals surface area contributed by atoms with Crippen molar-refractivity contribution >= 4 is 6.03 Å². The van der Waals surface area contributed by atoms with Gasteiger partial charge in [0.25, 0.3) is 0 Å². The highest BCUT2D eigenvalue weighted by Gasteiger charge is 2.38. The van der Waals surface area contributed by atoms with Crippen LogP contribution in [-0.2, 0) is 4.74 Å². The first-order valence-electron chi connectivity index (χ1n) is 8.47. The number of hydrogen-bond acceptors (Lipinski definition) is 4. The third-order valence-electron chi connectivity index (χ3n) is 4.35. The van der Waals surface area contributed by atoms with Crippen molar-refractivity contribution in [1.29, 1.82) is 5.26 Å². The highest BCUT2D eigenvalue weighted by atomic mass is 16.5. The van der Waals surface area contributed by atoms with Crippen molar-refractivity contribution in [3.8, 4) is 11.8 Å². The molecule has 6 heteroatoms. The minimum Gasteiger partial charge on any atom is -0.492 e. The van der Waals surface area contributed by atoms with Crippen molar-refractivity contribution in [3.05, 3.63) is 29.8 Å². The Morgan fingerprint density at radius 2 is 2.12 bits per heavy atom. The van der Waals surface area contributed by atoms with E-state index >= 15 is 0 Å². The zero-order valence-corrected chi connectivity index (χ0v) is 13.9. The molecule has 1 aliphatic carbocycles. The number of benzene rings is 1. The molecule has 0 bridgehead atoms. The van der Waals surface area contributed by atoms with Crippen LogP contribution < -0.4 is 10.1 Å². The van der Waals surface area contributed by atoms with E-state index in [-0.39, 0.29) is 18.2 Å². The molecule has 1 aromatic rings. The molecule has 1 saturated heterocycles. The predicted octanol–water partition coefficient (Wildman–Crippen LogP) is 2.15. The number of carbonyl (C=O) groups is 1. The van der Waals surface area contributed by atoms with Gasteiger partial charge >= 0.3 is 6.03 Å². The zero-order valence-electron chi connectivity index (χ0n) is 13.9. The molecule has 0 aromatic heterocycles. The smallest absolute Gasteiger partial charge is 0.317 e. The molecule has 2 aliphatic rings. The molecule has 0 unspecified atom stereocenters. The van der Waals surface area contributed by atoms with Crippen LogP contribution in [0.5, 0.6) is 5.75 Å². The van der Waals surface area contributed by atoms with Crippen LogP contribution in [0.3, 0.4) is 0 Å². The number of nitrogens with zero attached hydrogens (tertiary/aromatic N) is 2. The number of urea groups is 1. The number of carbonyl (C=O) groups excluding carboxylic acids is 1. The van der Waals surface area contributed by atoms with Crippen molar-refractivity contribution in [1.82, 2.24) is 10.2 Å². The number of morpholine rings is 1. The lowest BCUT2D eigenvalue weighted by Gasteiger charge is -2.37. The summed E-state index contributed by atoms with van der Waals surface area (Å²) < 4.78 is 11.5. The molecule has 0 radical (unpaired) electrons. The number of nitrogens with one attached hydrogen (secondary N) is 1. The van der Waals surface area contributed by atoms with E-state index in [9.17, 15) is 4.79 Å². The second-order valence-electron chi connectivity index (χ2n) is 6.44. The third-order valence-corrected chi connectivity index (χ3v) is 4.35. The molecule has 1 N–H and O–H groups in total. The molecule has 24 heavy (non-hydrogen) atoms. The van der Waals surface area contributed by atoms with E-state index in [0.29, 0.717) is 43.5 Å². The van der Waals surface area contributed by atoms with Gasteiger partial charge in [0, 0.05) is 13.1 Å². The molecule has 3 rings (SSSR count). The first-order chi connectivity index (χ1) is 11.7. The summed E-state index contributed by atoms with van der Waals surface area (Å²) in [4.78, 5) is 14.1. The first kappa shape index (κ1) is 16.6. The van der Waals surface area contributed by atoms with Crippen molar-refractivity contribution in [2.75, 3.05) is 26.2 Å². The van der Waals surface area contributed by atoms with Gasteiger partial charge in [-0.2, -0.15) is 5.26 Å². The van der Waals surface area contributed by atoms with E-state index < -0.39 is 0 Å². The van der Waals surface area contributed by atoms with Gasteiger partial charge in [-0.3, -0.25) is 0 Å². The second kappa shape index (κ2) is 7.54. The minimum atomic E-state index is -0.0563. The number of rotatable bonds is 5. The van der Waals surface area contributed by atoms with E-state index in [1.54, 1.807) is 24.3 Å². The summed E-state index contributed by atoms with van der Waals surface area (Å²) in [7, 11) is 0. The zero-order chi connectivity index (χ0) is 16.9. The molecule has 1 heterocycles. The number of ether oxygens (including phenoxy) is 2. The number of nitriles is 1. The summed E-state index contributed by atoms with van der Waals surface area (Å²) in [5.41, 5.74) is 0.599. The Kier molecular flexibility index (Phi) is 5.21. The summed E-state index contributed by atoms with van der Waals surface area (Å²) in [5.74, 6) is 1.32. The van der Waals surface area contributed by atoms with E-state index in [2.05, 4.69) is 11.4 Å². The maximum Gasteiger partial charge on any atom is 0.317 e. The van der Waals surface area contributed by atoms with Gasteiger partial charge in [0.05, 0.1) is 30.4 Å². The van der Waals surface area contributed by atoms with Gasteiger partial charge in [-0.05, 0) is 49.9 Å². The fourth-order valence-corrected chi connectivity index (χ4v) is 2.94. The summed E-state index contributed by atoms with van der Waals surface area (Å²) in [6, 6.07) is 8.93. The van der Waals surface area contributed by atoms with Gasteiger partial charge in [0.15, 0.2) is 0 Å². The van der Waals surface area contributed by atoms with E-state index in [1.807, 2.05) is 11.8 Å². The number of amides is 2. The maximum absolute atomic E-state index is 12.3. The monoisotopic (exact) mass is 329 g/mol. The van der Waals surface area contributed by atoms with Gasteiger partial charge in [-0.25, -0.2) is 4.79 Å². The minimum absolute atomic E-state index is 0.0563. The van der Waals surface area contributed by atoms with Crippen LogP contribution in [0, 0.1) is 17.2 Å². The largest absolute Gasteiger partial charge is 0.492 e. The Morgan fingerprint density at radius 1 is 1.38 bits per heavy atom. The van der Waals surface area contributed by atoms with Crippen molar-refractivity contribution in [3.63, 3.8) is 0 Å². The van der Waals surface area contributed by atoms with Crippen molar-refractivity contribution < 1.29 is 14.3 Å². The maximum atomic E-state index is 12.3. The lowest BCUT2D eigenvalue weighted by atomic mass is 10.1. The Hall–Kier alpha value is -2.26. The Bertz CT molecular complexity index is 607. The quantitative estimate of drug-likeness (QED) is 0.840. The molecule has 128 valence electrons. The average Bonchev–Trinajstić information content (AvgIpc) is 3.43. The van der Waals surface area contributed by atoms with Gasteiger partial charge in [0.1, 0.15) is 12.4 Å². The van der Waals surface area contributed by atoms with Crippen LogP contribution in [0.1, 0.15) is 25.3 Å². The van der Waals surface area contributed by atoms with Crippen LogP contribution >= 0.6 is 0 Å². The van der Waals surface area contributed by atoms with Crippen molar-refractivity contribution in [2.24, 2.45) is 5.92 Å². The second-order valence-corrected chi connectivity index (χ2v) is 6.44. The third kappa shape index (κ3) is 4.39. The van der Waals surface area contributed by atoms with Gasteiger partial charge in [-0.1, -0.05) is 0 Å². The van der Waals surface area contributed by atoms with Crippen LogP contribution in [-0.4, -0.2) is 49.4 Å². The summed E-state index contributed by atoms with van der Waals surface area (Å²) in [5, 5.41) is 11.7. The van der Waals surface area contributed by atoms with Gasteiger partial charge in [-0.15, -0.1) is 0 Å². The van der Waals surface area contributed by atoms with Crippen LogP contribution in [0.25, 0.3) is 0 Å². The average molecular weight is 329 g/mol. The summed E-state index contributed by atoms with van der Waals surface area (Å²) in [6.45, 7) is 4.16. The van der Waals surface area contributed by atoms with E-state index in [0.717, 1.165) is 0 Å². The predicted molar refractivity (Wildman–Crippen MR) is 88.7 cm³/mol. The highest BCUT2D eigenvalue weighted by molar-refractivity contribution is 5.74. The Balaban J connectivity index is 1.39. The molecule has 2 fully saturated rings.